The summed E-state index contributed by atoms with van der Waals surface area (Å²) in [6, 6.07) is 10.2. The predicted molar refractivity (Wildman–Crippen MR) is 83.6 cm³/mol. The Balaban J connectivity index is 1.71. The van der Waals surface area contributed by atoms with Gasteiger partial charge in [-0.25, -0.2) is 15.0 Å². The number of hydrogen-bond acceptors (Lipinski definition) is 6. The van der Waals surface area contributed by atoms with Crippen LogP contribution in [0.1, 0.15) is 4.88 Å². The minimum atomic E-state index is 0.616. The molecule has 20 heavy (non-hydrogen) atoms. The first-order chi connectivity index (χ1) is 9.83. The van der Waals surface area contributed by atoms with Crippen molar-refractivity contribution in [1.82, 2.24) is 15.0 Å². The molecule has 0 saturated heterocycles. The third-order valence-electron chi connectivity index (χ3n) is 2.63. The number of thioether (sulfide) groups is 1. The molecule has 0 bridgehead atoms. The van der Waals surface area contributed by atoms with Gasteiger partial charge in [-0.3, -0.25) is 0 Å². The number of hydrogen-bond donors (Lipinski definition) is 1. The Hall–Kier alpha value is -1.92. The molecule has 3 aromatic rings. The topological polar surface area (TPSA) is 64.7 Å². The van der Waals surface area contributed by atoms with Gasteiger partial charge in [-0.15, -0.1) is 11.3 Å². The van der Waals surface area contributed by atoms with Crippen molar-refractivity contribution in [3.8, 4) is 10.6 Å². The molecule has 3 rings (SSSR count). The maximum absolute atomic E-state index is 5.82. The third kappa shape index (κ3) is 2.97. The van der Waals surface area contributed by atoms with E-state index >= 15 is 0 Å². The molecule has 0 radical (unpaired) electrons. The van der Waals surface area contributed by atoms with Crippen molar-refractivity contribution in [3.05, 3.63) is 53.9 Å². The van der Waals surface area contributed by atoms with Gasteiger partial charge >= 0.3 is 0 Å². The van der Waals surface area contributed by atoms with Crippen molar-refractivity contribution >= 4 is 28.8 Å². The highest BCUT2D eigenvalue weighted by Crippen LogP contribution is 2.30. The van der Waals surface area contributed by atoms with Crippen molar-refractivity contribution in [3.63, 3.8) is 0 Å². The fraction of sp³-hybridized carbons (Fsp3) is 0.0714. The summed E-state index contributed by atoms with van der Waals surface area (Å²) in [4.78, 5) is 13.7. The summed E-state index contributed by atoms with van der Waals surface area (Å²) >= 11 is 3.30. The Labute approximate surface area is 125 Å². The number of rotatable bonds is 4. The fourth-order valence-corrected chi connectivity index (χ4v) is 3.50. The van der Waals surface area contributed by atoms with Crippen molar-refractivity contribution in [2.45, 2.75) is 10.8 Å². The maximum atomic E-state index is 5.82. The second kappa shape index (κ2) is 6.02. The van der Waals surface area contributed by atoms with E-state index in [1.807, 2.05) is 24.4 Å². The summed E-state index contributed by atoms with van der Waals surface area (Å²) < 4.78 is 0. The van der Waals surface area contributed by atoms with E-state index in [1.165, 1.54) is 11.2 Å². The second-order valence-corrected chi connectivity index (χ2v) is 6.15. The molecule has 100 valence electrons. The van der Waals surface area contributed by atoms with Gasteiger partial charge in [-0.2, -0.15) is 0 Å². The van der Waals surface area contributed by atoms with Gasteiger partial charge in [0.05, 0.1) is 11.9 Å². The smallest absolute Gasteiger partial charge is 0.123 e. The first-order valence-electron chi connectivity index (χ1n) is 6.01. The Bertz CT molecular complexity index is 697. The van der Waals surface area contributed by atoms with Crippen molar-refractivity contribution < 1.29 is 0 Å². The summed E-state index contributed by atoms with van der Waals surface area (Å²) in [7, 11) is 0. The Kier molecular flexibility index (Phi) is 3.94. The monoisotopic (exact) mass is 300 g/mol. The summed E-state index contributed by atoms with van der Waals surface area (Å²) in [6.07, 6.45) is 5.05. The molecule has 0 aliphatic rings. The van der Waals surface area contributed by atoms with Gasteiger partial charge in [-0.05, 0) is 0 Å². The van der Waals surface area contributed by atoms with Crippen LogP contribution in [0.4, 0.5) is 5.69 Å². The van der Waals surface area contributed by atoms with E-state index in [9.17, 15) is 0 Å². The number of nitrogens with two attached hydrogens (primary N) is 1. The zero-order chi connectivity index (χ0) is 13.8. The van der Waals surface area contributed by atoms with Gasteiger partial charge in [0.2, 0.25) is 0 Å². The number of thiazole rings is 1. The molecule has 0 fully saturated rings. The van der Waals surface area contributed by atoms with Crippen LogP contribution in [-0.2, 0) is 5.75 Å². The van der Waals surface area contributed by atoms with E-state index in [0.29, 0.717) is 5.69 Å². The fourth-order valence-electron chi connectivity index (χ4n) is 1.68. The molecule has 1 aromatic carbocycles. The van der Waals surface area contributed by atoms with Crippen molar-refractivity contribution in [1.29, 1.82) is 0 Å². The van der Waals surface area contributed by atoms with Crippen LogP contribution >= 0.6 is 23.1 Å². The summed E-state index contributed by atoms with van der Waals surface area (Å²) in [6.45, 7) is 0. The van der Waals surface area contributed by atoms with Gasteiger partial charge in [0.1, 0.15) is 16.4 Å². The molecule has 2 heterocycles. The van der Waals surface area contributed by atoms with Crippen LogP contribution in [0.25, 0.3) is 10.6 Å². The van der Waals surface area contributed by atoms with Crippen molar-refractivity contribution in [2.24, 2.45) is 0 Å². The summed E-state index contributed by atoms with van der Waals surface area (Å²) in [5.41, 5.74) is 7.59. The van der Waals surface area contributed by atoms with E-state index in [0.717, 1.165) is 21.3 Å². The summed E-state index contributed by atoms with van der Waals surface area (Å²) in [5.74, 6) is 0.811. The molecule has 0 unspecified atom stereocenters. The lowest BCUT2D eigenvalue weighted by atomic mass is 10.2. The number of benzene rings is 1. The second-order valence-electron chi connectivity index (χ2n) is 4.07. The molecule has 4 nitrogen and oxygen atoms in total. The zero-order valence-corrected chi connectivity index (χ0v) is 12.2. The van der Waals surface area contributed by atoms with Crippen LogP contribution in [0, 0.1) is 0 Å². The molecule has 6 heteroatoms. The van der Waals surface area contributed by atoms with Gasteiger partial charge in [0.15, 0.2) is 0 Å². The van der Waals surface area contributed by atoms with Gasteiger partial charge in [0, 0.05) is 22.4 Å². The minimum Gasteiger partial charge on any atom is -0.395 e. The number of nitrogen functional groups attached to an aromatic ring is 1. The van der Waals surface area contributed by atoms with E-state index < -0.39 is 0 Å². The van der Waals surface area contributed by atoms with Crippen LogP contribution in [0.5, 0.6) is 0 Å². The van der Waals surface area contributed by atoms with Gasteiger partial charge in [-0.1, -0.05) is 42.1 Å². The Morgan fingerprint density at radius 3 is 2.75 bits per heavy atom. The molecule has 0 aliphatic carbocycles. The van der Waals surface area contributed by atoms with Crippen molar-refractivity contribution in [2.75, 3.05) is 5.73 Å². The predicted octanol–water partition coefficient (Wildman–Crippen LogP) is 3.47. The standard InChI is InChI=1S/C14H12N4S2/c15-12-7-16-9-18-14(12)19-8-11-6-17-13(20-11)10-4-2-1-3-5-10/h1-7,9H,8,15H2. The highest BCUT2D eigenvalue weighted by Gasteiger charge is 2.06. The molecule has 0 saturated carbocycles. The molecule has 0 atom stereocenters. The third-order valence-corrected chi connectivity index (χ3v) is 4.93. The first-order valence-corrected chi connectivity index (χ1v) is 7.81. The number of anilines is 1. The minimum absolute atomic E-state index is 0.616. The highest BCUT2D eigenvalue weighted by atomic mass is 32.2. The quantitative estimate of drug-likeness (QED) is 0.590. The largest absolute Gasteiger partial charge is 0.395 e. The van der Waals surface area contributed by atoms with Crippen LogP contribution in [-0.4, -0.2) is 15.0 Å². The van der Waals surface area contributed by atoms with E-state index in [-0.39, 0.29) is 0 Å². The molecule has 0 amide bonds. The Morgan fingerprint density at radius 2 is 1.95 bits per heavy atom. The molecule has 0 aliphatic heterocycles. The molecular formula is C14H12N4S2. The Morgan fingerprint density at radius 1 is 1.10 bits per heavy atom. The molecular weight excluding hydrogens is 288 g/mol. The molecule has 0 spiro atoms. The highest BCUT2D eigenvalue weighted by molar-refractivity contribution is 7.98. The average Bonchev–Trinajstić information content (AvgIpc) is 2.96. The zero-order valence-electron chi connectivity index (χ0n) is 10.6. The molecule has 2 aromatic heterocycles. The van der Waals surface area contributed by atoms with E-state index in [4.69, 9.17) is 5.73 Å². The van der Waals surface area contributed by atoms with Crippen LogP contribution in [0.15, 0.2) is 54.1 Å². The SMILES string of the molecule is Nc1cncnc1SCc1cnc(-c2ccccc2)s1. The molecule has 2 N–H and O–H groups in total. The normalized spacial score (nSPS) is 10.6. The van der Waals surface area contributed by atoms with E-state index in [2.05, 4.69) is 27.1 Å². The average molecular weight is 300 g/mol. The lowest BCUT2D eigenvalue weighted by molar-refractivity contribution is 1.06. The maximum Gasteiger partial charge on any atom is 0.123 e. The lowest BCUT2D eigenvalue weighted by Gasteiger charge is -2.00. The van der Waals surface area contributed by atoms with Crippen LogP contribution in [0.2, 0.25) is 0 Å². The lowest BCUT2D eigenvalue weighted by Crippen LogP contribution is -1.92. The van der Waals surface area contributed by atoms with Crippen LogP contribution < -0.4 is 5.73 Å². The number of aromatic nitrogens is 3. The number of nitrogens with zero attached hydrogens (tertiary/aromatic N) is 3. The summed E-state index contributed by atoms with van der Waals surface area (Å²) in [5, 5.41) is 1.85. The van der Waals surface area contributed by atoms with E-state index in [1.54, 1.807) is 29.3 Å². The first kappa shape index (κ1) is 13.1. The van der Waals surface area contributed by atoms with Crippen LogP contribution in [0.3, 0.4) is 0 Å². The van der Waals surface area contributed by atoms with Gasteiger partial charge < -0.3 is 5.73 Å². The van der Waals surface area contributed by atoms with Gasteiger partial charge in [0.25, 0.3) is 0 Å².